The first kappa shape index (κ1) is 13.5. The summed E-state index contributed by atoms with van der Waals surface area (Å²) in [4.78, 5) is 12.8. The third-order valence-corrected chi connectivity index (χ3v) is 3.82. The molecule has 5 heteroatoms. The van der Waals surface area contributed by atoms with Crippen molar-refractivity contribution in [3.63, 3.8) is 0 Å². The summed E-state index contributed by atoms with van der Waals surface area (Å²) in [6.07, 6.45) is 1.28. The van der Waals surface area contributed by atoms with Crippen molar-refractivity contribution in [2.24, 2.45) is 0 Å². The zero-order chi connectivity index (χ0) is 13.0. The first-order valence-corrected chi connectivity index (χ1v) is 7.21. The average molecular weight is 269 g/mol. The van der Waals surface area contributed by atoms with E-state index in [1.54, 1.807) is 11.3 Å². The standard InChI is InChI=1S/C13H19NO3S/c1-10-7-14(5-2-3-13(15)16)8-12(17-10)11-4-6-18-9-11/h4,6,9-10,12H,2-3,5,7-8H2,1H3,(H,15,16)/t10-,12-/m0/s1. The summed E-state index contributed by atoms with van der Waals surface area (Å²) < 4.78 is 5.94. The number of carboxylic acid groups (broad SMARTS) is 1. The maximum Gasteiger partial charge on any atom is 0.303 e. The first-order chi connectivity index (χ1) is 8.65. The topological polar surface area (TPSA) is 49.8 Å². The normalized spacial score (nSPS) is 25.2. The zero-order valence-electron chi connectivity index (χ0n) is 10.5. The molecule has 1 fully saturated rings. The molecule has 1 N–H and O–H groups in total. The Bertz CT molecular complexity index is 380. The molecule has 0 amide bonds. The molecular weight excluding hydrogens is 250 g/mol. The average Bonchev–Trinajstić information content (AvgIpc) is 2.81. The molecule has 1 saturated heterocycles. The number of carbonyl (C=O) groups is 1. The summed E-state index contributed by atoms with van der Waals surface area (Å²) in [5, 5.41) is 12.8. The number of aliphatic carboxylic acids is 1. The van der Waals surface area contributed by atoms with Crippen LogP contribution in [-0.2, 0) is 9.53 Å². The van der Waals surface area contributed by atoms with E-state index in [9.17, 15) is 4.79 Å². The van der Waals surface area contributed by atoms with Gasteiger partial charge in [-0.3, -0.25) is 9.69 Å². The lowest BCUT2D eigenvalue weighted by Gasteiger charge is -2.36. The van der Waals surface area contributed by atoms with Crippen LogP contribution >= 0.6 is 11.3 Å². The second-order valence-electron chi connectivity index (χ2n) is 4.75. The van der Waals surface area contributed by atoms with Crippen LogP contribution in [0.5, 0.6) is 0 Å². The van der Waals surface area contributed by atoms with Gasteiger partial charge in [-0.05, 0) is 42.3 Å². The number of ether oxygens (including phenoxy) is 1. The fourth-order valence-corrected chi connectivity index (χ4v) is 3.02. The Morgan fingerprint density at radius 1 is 1.61 bits per heavy atom. The third-order valence-electron chi connectivity index (χ3n) is 3.12. The molecule has 1 aliphatic rings. The molecule has 18 heavy (non-hydrogen) atoms. The zero-order valence-corrected chi connectivity index (χ0v) is 11.4. The van der Waals surface area contributed by atoms with Crippen LogP contribution in [0.2, 0.25) is 0 Å². The van der Waals surface area contributed by atoms with Crippen LogP contribution in [0.4, 0.5) is 0 Å². The number of rotatable bonds is 5. The molecule has 1 aromatic rings. The molecule has 100 valence electrons. The van der Waals surface area contributed by atoms with E-state index in [1.807, 2.05) is 0 Å². The number of nitrogens with zero attached hydrogens (tertiary/aromatic N) is 1. The van der Waals surface area contributed by atoms with E-state index >= 15 is 0 Å². The van der Waals surface area contributed by atoms with Gasteiger partial charge < -0.3 is 9.84 Å². The van der Waals surface area contributed by atoms with Crippen molar-refractivity contribution in [1.29, 1.82) is 0 Å². The predicted molar refractivity (Wildman–Crippen MR) is 70.9 cm³/mol. The summed E-state index contributed by atoms with van der Waals surface area (Å²) in [6.45, 7) is 4.66. The quantitative estimate of drug-likeness (QED) is 0.891. The summed E-state index contributed by atoms with van der Waals surface area (Å²) >= 11 is 1.68. The monoisotopic (exact) mass is 269 g/mol. The molecule has 2 heterocycles. The minimum absolute atomic E-state index is 0.129. The van der Waals surface area contributed by atoms with Gasteiger partial charge in [-0.15, -0.1) is 0 Å². The van der Waals surface area contributed by atoms with Crippen molar-refractivity contribution in [2.75, 3.05) is 19.6 Å². The minimum Gasteiger partial charge on any atom is -0.481 e. The number of morpholine rings is 1. The number of thiophene rings is 1. The van der Waals surface area contributed by atoms with Gasteiger partial charge in [0.2, 0.25) is 0 Å². The van der Waals surface area contributed by atoms with Crippen molar-refractivity contribution in [2.45, 2.75) is 32.0 Å². The van der Waals surface area contributed by atoms with Gasteiger partial charge in [-0.1, -0.05) is 0 Å². The third kappa shape index (κ3) is 3.80. The molecule has 0 aromatic carbocycles. The van der Waals surface area contributed by atoms with E-state index in [-0.39, 0.29) is 18.6 Å². The van der Waals surface area contributed by atoms with Crippen molar-refractivity contribution in [3.8, 4) is 0 Å². The second-order valence-corrected chi connectivity index (χ2v) is 5.53. The summed E-state index contributed by atoms with van der Waals surface area (Å²) in [6, 6.07) is 2.10. The molecule has 0 radical (unpaired) electrons. The largest absolute Gasteiger partial charge is 0.481 e. The molecule has 2 rings (SSSR count). The SMILES string of the molecule is C[C@H]1CN(CCCC(=O)O)C[C@@H](c2ccsc2)O1. The van der Waals surface area contributed by atoms with E-state index in [1.165, 1.54) is 5.56 Å². The van der Waals surface area contributed by atoms with Crippen LogP contribution in [0.15, 0.2) is 16.8 Å². The molecule has 0 spiro atoms. The highest BCUT2D eigenvalue weighted by Gasteiger charge is 2.26. The Morgan fingerprint density at radius 3 is 3.11 bits per heavy atom. The molecule has 0 unspecified atom stereocenters. The maximum atomic E-state index is 10.5. The molecule has 0 saturated carbocycles. The van der Waals surface area contributed by atoms with Crippen LogP contribution in [0, 0.1) is 0 Å². The smallest absolute Gasteiger partial charge is 0.303 e. The lowest BCUT2D eigenvalue weighted by atomic mass is 10.1. The Labute approximate surface area is 111 Å². The van der Waals surface area contributed by atoms with Gasteiger partial charge in [-0.25, -0.2) is 0 Å². The lowest BCUT2D eigenvalue weighted by Crippen LogP contribution is -2.43. The fraction of sp³-hybridized carbons (Fsp3) is 0.615. The number of hydrogen-bond acceptors (Lipinski definition) is 4. The highest BCUT2D eigenvalue weighted by molar-refractivity contribution is 7.07. The van der Waals surface area contributed by atoms with Crippen LogP contribution in [-0.4, -0.2) is 41.7 Å². The van der Waals surface area contributed by atoms with Crippen LogP contribution < -0.4 is 0 Å². The number of hydrogen-bond donors (Lipinski definition) is 1. The molecule has 1 aromatic heterocycles. The second kappa shape index (κ2) is 6.31. The molecule has 0 bridgehead atoms. The molecule has 1 aliphatic heterocycles. The van der Waals surface area contributed by atoms with Gasteiger partial charge in [0, 0.05) is 19.5 Å². The Hall–Kier alpha value is -0.910. The van der Waals surface area contributed by atoms with Gasteiger partial charge in [0.1, 0.15) is 0 Å². The Balaban J connectivity index is 1.86. The van der Waals surface area contributed by atoms with E-state index < -0.39 is 5.97 Å². The van der Waals surface area contributed by atoms with Crippen LogP contribution in [0.3, 0.4) is 0 Å². The van der Waals surface area contributed by atoms with Crippen molar-refractivity contribution < 1.29 is 14.6 Å². The van der Waals surface area contributed by atoms with Gasteiger partial charge in [0.25, 0.3) is 0 Å². The van der Waals surface area contributed by atoms with E-state index in [2.05, 4.69) is 28.7 Å². The van der Waals surface area contributed by atoms with Crippen molar-refractivity contribution >= 4 is 17.3 Å². The summed E-state index contributed by atoms with van der Waals surface area (Å²) in [7, 11) is 0. The molecule has 4 nitrogen and oxygen atoms in total. The fourth-order valence-electron chi connectivity index (χ4n) is 2.32. The Kier molecular flexibility index (Phi) is 4.74. The summed E-state index contributed by atoms with van der Waals surface area (Å²) in [5.74, 6) is -0.717. The highest BCUT2D eigenvalue weighted by Crippen LogP contribution is 2.26. The first-order valence-electron chi connectivity index (χ1n) is 6.27. The lowest BCUT2D eigenvalue weighted by molar-refractivity contribution is -0.137. The Morgan fingerprint density at radius 2 is 2.44 bits per heavy atom. The predicted octanol–water partition coefficient (Wildman–Crippen LogP) is 2.37. The van der Waals surface area contributed by atoms with Crippen molar-refractivity contribution in [3.05, 3.63) is 22.4 Å². The van der Waals surface area contributed by atoms with Crippen LogP contribution in [0.1, 0.15) is 31.4 Å². The van der Waals surface area contributed by atoms with Crippen LogP contribution in [0.25, 0.3) is 0 Å². The van der Waals surface area contributed by atoms with Gasteiger partial charge in [-0.2, -0.15) is 11.3 Å². The minimum atomic E-state index is -0.717. The van der Waals surface area contributed by atoms with E-state index in [0.29, 0.717) is 6.42 Å². The maximum absolute atomic E-state index is 10.5. The highest BCUT2D eigenvalue weighted by atomic mass is 32.1. The molecular formula is C13H19NO3S. The van der Waals surface area contributed by atoms with Crippen molar-refractivity contribution in [1.82, 2.24) is 4.90 Å². The van der Waals surface area contributed by atoms with Gasteiger partial charge >= 0.3 is 5.97 Å². The molecule has 2 atom stereocenters. The van der Waals surface area contributed by atoms with Gasteiger partial charge in [0.15, 0.2) is 0 Å². The summed E-state index contributed by atoms with van der Waals surface area (Å²) in [5.41, 5.74) is 1.23. The molecule has 0 aliphatic carbocycles. The van der Waals surface area contributed by atoms with Gasteiger partial charge in [0.05, 0.1) is 12.2 Å². The number of carboxylic acids is 1. The van der Waals surface area contributed by atoms with E-state index in [4.69, 9.17) is 9.84 Å². The van der Waals surface area contributed by atoms with E-state index in [0.717, 1.165) is 19.6 Å².